The smallest absolute Gasteiger partial charge is 0.206 e. The highest BCUT2D eigenvalue weighted by Crippen LogP contribution is 2.42. The van der Waals surface area contributed by atoms with Crippen molar-refractivity contribution in [2.24, 2.45) is 5.73 Å². The average Bonchev–Trinajstić information content (AvgIpc) is 3.40. The van der Waals surface area contributed by atoms with Gasteiger partial charge < -0.3 is 10.5 Å². The van der Waals surface area contributed by atoms with Gasteiger partial charge in [0, 0.05) is 47.8 Å². The maximum absolute atomic E-state index is 6.65. The largest absolute Gasteiger partial charge is 0.381 e. The summed E-state index contributed by atoms with van der Waals surface area (Å²) >= 11 is 0. The zero-order valence-corrected chi connectivity index (χ0v) is 20.8. The number of methoxy groups -OCH3 is 1. The summed E-state index contributed by atoms with van der Waals surface area (Å²) in [6, 6.07) is 24.7. The molecule has 38 heavy (non-hydrogen) atoms. The van der Waals surface area contributed by atoms with E-state index < -0.39 is 0 Å². The van der Waals surface area contributed by atoms with Crippen LogP contribution in [0.25, 0.3) is 50.6 Å². The summed E-state index contributed by atoms with van der Waals surface area (Å²) in [5.74, 6) is 1.11. The highest BCUT2D eigenvalue weighted by Gasteiger charge is 2.42. The molecule has 0 radical (unpaired) electrons. The third kappa shape index (κ3) is 3.65. The molecular weight excluding hydrogens is 474 g/mol. The van der Waals surface area contributed by atoms with E-state index in [0.717, 1.165) is 51.7 Å². The van der Waals surface area contributed by atoms with E-state index in [1.807, 2.05) is 34.9 Å². The van der Waals surface area contributed by atoms with Gasteiger partial charge in [0.05, 0.1) is 17.3 Å². The van der Waals surface area contributed by atoms with Crippen molar-refractivity contribution in [3.8, 4) is 34.0 Å². The molecule has 1 fully saturated rings. The lowest BCUT2D eigenvalue weighted by molar-refractivity contribution is -0.0161. The Labute approximate surface area is 219 Å². The molecule has 0 atom stereocenters. The molecule has 7 rings (SSSR count). The van der Waals surface area contributed by atoms with Crippen molar-refractivity contribution in [1.82, 2.24) is 29.5 Å². The van der Waals surface area contributed by atoms with E-state index in [2.05, 4.69) is 62.6 Å². The first-order chi connectivity index (χ1) is 18.6. The summed E-state index contributed by atoms with van der Waals surface area (Å²) in [7, 11) is 1.74. The lowest BCUT2D eigenvalue weighted by Crippen LogP contribution is -2.52. The molecule has 1 saturated carbocycles. The molecule has 0 saturated heterocycles. The Kier molecular flexibility index (Phi) is 5.24. The summed E-state index contributed by atoms with van der Waals surface area (Å²) in [6.45, 7) is 0. The van der Waals surface area contributed by atoms with E-state index in [-0.39, 0.29) is 11.6 Å². The minimum absolute atomic E-state index is 0.231. The van der Waals surface area contributed by atoms with Crippen LogP contribution in [-0.2, 0) is 10.3 Å². The number of aromatic nitrogens is 6. The van der Waals surface area contributed by atoms with Gasteiger partial charge >= 0.3 is 0 Å². The maximum Gasteiger partial charge on any atom is 0.206 e. The zero-order chi connectivity index (χ0) is 25.7. The standard InChI is InChI=1S/C30H25N7O/c1-38-22-17-30(31,18-22)21-10-8-20(9-11-21)26-23(19-6-3-2-4-7-19)16-24-25(34-26)12-15-37-28(24)35-36-29(37)27-32-13-5-14-33-27/h2-16,22H,17-18,31H2,1H3/t22-,30+. The predicted molar refractivity (Wildman–Crippen MR) is 146 cm³/mol. The third-order valence-electron chi connectivity index (χ3n) is 7.47. The summed E-state index contributed by atoms with van der Waals surface area (Å²) in [6.07, 6.45) is 7.21. The first kappa shape index (κ1) is 22.7. The molecule has 0 amide bonds. The zero-order valence-electron chi connectivity index (χ0n) is 20.8. The van der Waals surface area contributed by atoms with E-state index >= 15 is 0 Å². The number of hydrogen-bond acceptors (Lipinski definition) is 7. The molecule has 0 aliphatic heterocycles. The van der Waals surface area contributed by atoms with Crippen molar-refractivity contribution >= 4 is 16.6 Å². The summed E-state index contributed by atoms with van der Waals surface area (Å²) < 4.78 is 7.36. The first-order valence-corrected chi connectivity index (χ1v) is 12.6. The molecule has 0 bridgehead atoms. The Bertz CT molecular complexity index is 1760. The number of nitrogens with two attached hydrogens (primary N) is 1. The van der Waals surface area contributed by atoms with Gasteiger partial charge in [-0.3, -0.25) is 4.40 Å². The van der Waals surface area contributed by atoms with Crippen LogP contribution in [0.4, 0.5) is 0 Å². The highest BCUT2D eigenvalue weighted by molar-refractivity contribution is 5.98. The van der Waals surface area contributed by atoms with Gasteiger partial charge in [0.2, 0.25) is 5.82 Å². The second-order valence-electron chi connectivity index (χ2n) is 9.79. The molecule has 0 spiro atoms. The third-order valence-corrected chi connectivity index (χ3v) is 7.47. The van der Waals surface area contributed by atoms with Gasteiger partial charge in [-0.1, -0.05) is 54.6 Å². The molecule has 4 heterocycles. The lowest BCUT2D eigenvalue weighted by atomic mass is 9.70. The number of benzene rings is 2. The molecule has 8 nitrogen and oxygen atoms in total. The van der Waals surface area contributed by atoms with Gasteiger partial charge in [0.25, 0.3) is 0 Å². The van der Waals surface area contributed by atoms with E-state index in [1.54, 1.807) is 25.6 Å². The summed E-state index contributed by atoms with van der Waals surface area (Å²) in [5.41, 5.74) is 13.0. The summed E-state index contributed by atoms with van der Waals surface area (Å²) in [4.78, 5) is 13.8. The van der Waals surface area contributed by atoms with E-state index in [0.29, 0.717) is 17.3 Å². The number of fused-ring (bicyclic) bond motifs is 3. The summed E-state index contributed by atoms with van der Waals surface area (Å²) in [5, 5.41) is 9.80. The predicted octanol–water partition coefficient (Wildman–Crippen LogP) is 5.03. The molecule has 4 aromatic heterocycles. The van der Waals surface area contributed by atoms with E-state index in [4.69, 9.17) is 15.5 Å². The maximum atomic E-state index is 6.65. The Morgan fingerprint density at radius 3 is 2.39 bits per heavy atom. The molecular formula is C30H25N7O. The van der Waals surface area contributed by atoms with Crippen LogP contribution in [-0.4, -0.2) is 42.8 Å². The fourth-order valence-electron chi connectivity index (χ4n) is 5.34. The van der Waals surface area contributed by atoms with Crippen molar-refractivity contribution in [1.29, 1.82) is 0 Å². The Morgan fingerprint density at radius 2 is 1.66 bits per heavy atom. The normalized spacial score (nSPS) is 19.1. The molecule has 1 aliphatic carbocycles. The van der Waals surface area contributed by atoms with Crippen molar-refractivity contribution in [2.75, 3.05) is 7.11 Å². The second-order valence-corrected chi connectivity index (χ2v) is 9.79. The number of pyridine rings is 2. The highest BCUT2D eigenvalue weighted by atomic mass is 16.5. The van der Waals surface area contributed by atoms with Crippen LogP contribution in [0.2, 0.25) is 0 Å². The number of ether oxygens (including phenoxy) is 1. The van der Waals surface area contributed by atoms with Crippen molar-refractivity contribution in [2.45, 2.75) is 24.5 Å². The molecule has 6 aromatic rings. The Balaban J connectivity index is 1.38. The number of nitrogens with zero attached hydrogens (tertiary/aromatic N) is 6. The van der Waals surface area contributed by atoms with Gasteiger partial charge in [0.1, 0.15) is 0 Å². The van der Waals surface area contributed by atoms with Crippen LogP contribution < -0.4 is 5.73 Å². The topological polar surface area (TPSA) is 104 Å². The Morgan fingerprint density at radius 1 is 0.895 bits per heavy atom. The molecule has 1 aliphatic rings. The van der Waals surface area contributed by atoms with Crippen LogP contribution in [0.15, 0.2) is 91.4 Å². The van der Waals surface area contributed by atoms with Gasteiger partial charge in [-0.2, -0.15) is 0 Å². The lowest BCUT2D eigenvalue weighted by Gasteiger charge is -2.44. The van der Waals surface area contributed by atoms with E-state index in [1.165, 1.54) is 0 Å². The molecule has 186 valence electrons. The second kappa shape index (κ2) is 8.79. The van der Waals surface area contributed by atoms with Crippen molar-refractivity contribution in [3.05, 3.63) is 97.0 Å². The minimum Gasteiger partial charge on any atom is -0.381 e. The van der Waals surface area contributed by atoms with Gasteiger partial charge in [-0.05, 0) is 42.2 Å². The van der Waals surface area contributed by atoms with Crippen molar-refractivity contribution < 1.29 is 4.74 Å². The van der Waals surface area contributed by atoms with Gasteiger partial charge in [-0.25, -0.2) is 15.0 Å². The quantitative estimate of drug-likeness (QED) is 0.355. The van der Waals surface area contributed by atoms with Crippen LogP contribution in [0.3, 0.4) is 0 Å². The molecule has 8 heteroatoms. The Hall–Kier alpha value is -4.53. The minimum atomic E-state index is -0.336. The van der Waals surface area contributed by atoms with Crippen LogP contribution in [0.1, 0.15) is 18.4 Å². The molecule has 2 aromatic carbocycles. The monoisotopic (exact) mass is 499 g/mol. The van der Waals surface area contributed by atoms with Crippen LogP contribution in [0, 0.1) is 0 Å². The fourth-order valence-corrected chi connectivity index (χ4v) is 5.34. The van der Waals surface area contributed by atoms with E-state index in [9.17, 15) is 0 Å². The first-order valence-electron chi connectivity index (χ1n) is 12.6. The number of rotatable bonds is 5. The number of hydrogen-bond donors (Lipinski definition) is 1. The van der Waals surface area contributed by atoms with Gasteiger partial charge in [0.15, 0.2) is 11.5 Å². The fraction of sp³-hybridized carbons (Fsp3) is 0.167. The molecule has 0 unspecified atom stereocenters. The van der Waals surface area contributed by atoms with Gasteiger partial charge in [-0.15, -0.1) is 10.2 Å². The average molecular weight is 500 g/mol. The van der Waals surface area contributed by atoms with Crippen LogP contribution >= 0.6 is 0 Å². The van der Waals surface area contributed by atoms with Crippen molar-refractivity contribution in [3.63, 3.8) is 0 Å². The SMILES string of the molecule is CO[C@H]1C[C@](N)(c2ccc(-c3nc4ccn5c(-c6ncccn6)nnc5c4cc3-c3ccccc3)cc2)C1. The molecule has 2 N–H and O–H groups in total. The van der Waals surface area contributed by atoms with Crippen LogP contribution in [0.5, 0.6) is 0 Å².